The zero-order chi connectivity index (χ0) is 20.6. The zero-order valence-electron chi connectivity index (χ0n) is 16.5. The number of carbonyl (C=O) groups is 2. The van der Waals surface area contributed by atoms with E-state index < -0.39 is 5.97 Å². The summed E-state index contributed by atoms with van der Waals surface area (Å²) in [4.78, 5) is 28.4. The van der Waals surface area contributed by atoms with Crippen LogP contribution in [0.2, 0.25) is 5.02 Å². The molecular formula is C22H25ClN2O4. The lowest BCUT2D eigenvalue weighted by Crippen LogP contribution is -2.49. The third-order valence-electron chi connectivity index (χ3n) is 4.75. The highest BCUT2D eigenvalue weighted by Gasteiger charge is 2.21. The van der Waals surface area contributed by atoms with Gasteiger partial charge < -0.3 is 14.4 Å². The van der Waals surface area contributed by atoms with Crippen molar-refractivity contribution in [2.75, 3.05) is 39.4 Å². The van der Waals surface area contributed by atoms with E-state index in [4.69, 9.17) is 21.1 Å². The summed E-state index contributed by atoms with van der Waals surface area (Å²) in [5.74, 6) is 0.0176. The van der Waals surface area contributed by atoms with Crippen LogP contribution in [-0.4, -0.2) is 61.1 Å². The van der Waals surface area contributed by atoms with Crippen molar-refractivity contribution in [2.24, 2.45) is 0 Å². The van der Waals surface area contributed by atoms with Gasteiger partial charge in [0.15, 0.2) is 6.61 Å². The molecule has 29 heavy (non-hydrogen) atoms. The Balaban J connectivity index is 1.44. The highest BCUT2D eigenvalue weighted by Crippen LogP contribution is 2.16. The lowest BCUT2D eigenvalue weighted by molar-refractivity contribution is -0.135. The van der Waals surface area contributed by atoms with Crippen LogP contribution < -0.4 is 4.74 Å². The molecule has 1 saturated heterocycles. The Morgan fingerprint density at radius 3 is 2.45 bits per heavy atom. The molecule has 0 spiro atoms. The summed E-state index contributed by atoms with van der Waals surface area (Å²) in [7, 11) is 0. The van der Waals surface area contributed by atoms with E-state index in [2.05, 4.69) is 4.90 Å². The van der Waals surface area contributed by atoms with Crippen LogP contribution >= 0.6 is 11.6 Å². The molecule has 0 aromatic heterocycles. The average Bonchev–Trinajstić information content (AvgIpc) is 2.74. The average molecular weight is 417 g/mol. The molecule has 7 heteroatoms. The van der Waals surface area contributed by atoms with Gasteiger partial charge in [0.25, 0.3) is 5.91 Å². The minimum Gasteiger partial charge on any atom is -0.484 e. The lowest BCUT2D eigenvalue weighted by Gasteiger charge is -2.34. The number of nitrogens with zero attached hydrogens (tertiary/aromatic N) is 2. The van der Waals surface area contributed by atoms with Crippen molar-refractivity contribution < 1.29 is 19.1 Å². The summed E-state index contributed by atoms with van der Waals surface area (Å²) < 4.78 is 10.6. The highest BCUT2D eigenvalue weighted by atomic mass is 35.5. The number of amides is 1. The normalized spacial score (nSPS) is 14.5. The van der Waals surface area contributed by atoms with Crippen molar-refractivity contribution in [3.05, 3.63) is 64.7 Å². The third-order valence-corrected chi connectivity index (χ3v) is 5.00. The molecule has 0 radical (unpaired) electrons. The first kappa shape index (κ1) is 21.1. The number of esters is 1. The van der Waals surface area contributed by atoms with Crippen LogP contribution in [0.3, 0.4) is 0 Å². The van der Waals surface area contributed by atoms with Gasteiger partial charge >= 0.3 is 5.97 Å². The quantitative estimate of drug-likeness (QED) is 0.648. The van der Waals surface area contributed by atoms with E-state index in [0.717, 1.165) is 24.7 Å². The van der Waals surface area contributed by atoms with E-state index in [-0.39, 0.29) is 12.5 Å². The number of ether oxygens (including phenoxy) is 2. The monoisotopic (exact) mass is 416 g/mol. The summed E-state index contributed by atoms with van der Waals surface area (Å²) in [5.41, 5.74) is 1.62. The van der Waals surface area contributed by atoms with Crippen molar-refractivity contribution in [3.63, 3.8) is 0 Å². The van der Waals surface area contributed by atoms with Crippen LogP contribution in [0.25, 0.3) is 0 Å². The van der Waals surface area contributed by atoms with Crippen molar-refractivity contribution in [2.45, 2.75) is 13.5 Å². The molecule has 1 aliphatic rings. The molecule has 1 fully saturated rings. The number of hydrogen-bond acceptors (Lipinski definition) is 5. The SMILES string of the molecule is CCOC(=O)c1cccc(OCC(=O)N2CCN(Cc3ccc(Cl)cc3)CC2)c1. The summed E-state index contributed by atoms with van der Waals surface area (Å²) in [6.45, 7) is 5.81. The fourth-order valence-electron chi connectivity index (χ4n) is 3.17. The maximum atomic E-state index is 12.5. The van der Waals surface area contributed by atoms with Gasteiger partial charge in [-0.1, -0.05) is 29.8 Å². The van der Waals surface area contributed by atoms with Gasteiger partial charge in [0.1, 0.15) is 5.75 Å². The second-order valence-electron chi connectivity index (χ2n) is 6.82. The van der Waals surface area contributed by atoms with E-state index >= 15 is 0 Å². The Labute approximate surface area is 176 Å². The molecule has 0 atom stereocenters. The van der Waals surface area contributed by atoms with E-state index in [1.54, 1.807) is 31.2 Å². The Hall–Kier alpha value is -2.57. The molecule has 154 valence electrons. The number of piperazine rings is 1. The van der Waals surface area contributed by atoms with Crippen molar-refractivity contribution in [1.82, 2.24) is 9.80 Å². The topological polar surface area (TPSA) is 59.1 Å². The first-order chi connectivity index (χ1) is 14.0. The maximum absolute atomic E-state index is 12.5. The van der Waals surface area contributed by atoms with Gasteiger partial charge in [-0.2, -0.15) is 0 Å². The number of rotatable bonds is 7. The smallest absolute Gasteiger partial charge is 0.338 e. The molecular weight excluding hydrogens is 392 g/mol. The minimum absolute atomic E-state index is 0.0521. The molecule has 0 unspecified atom stereocenters. The molecule has 2 aromatic carbocycles. The number of halogens is 1. The predicted octanol–water partition coefficient (Wildman–Crippen LogP) is 3.24. The van der Waals surface area contributed by atoms with E-state index in [1.165, 1.54) is 5.56 Å². The van der Waals surface area contributed by atoms with Crippen LogP contribution in [0.1, 0.15) is 22.8 Å². The fourth-order valence-corrected chi connectivity index (χ4v) is 3.29. The van der Waals surface area contributed by atoms with Gasteiger partial charge in [-0.05, 0) is 42.8 Å². The zero-order valence-corrected chi connectivity index (χ0v) is 17.2. The molecule has 0 aliphatic carbocycles. The summed E-state index contributed by atoms with van der Waals surface area (Å²) in [5, 5.41) is 0.733. The summed E-state index contributed by atoms with van der Waals surface area (Å²) in [6, 6.07) is 14.5. The fraction of sp³-hybridized carbons (Fsp3) is 0.364. The third kappa shape index (κ3) is 6.21. The Kier molecular flexibility index (Phi) is 7.49. The Bertz CT molecular complexity index is 833. The largest absolute Gasteiger partial charge is 0.484 e. The van der Waals surface area contributed by atoms with Crippen LogP contribution in [0, 0.1) is 0 Å². The van der Waals surface area contributed by atoms with Gasteiger partial charge in [-0.3, -0.25) is 9.69 Å². The van der Waals surface area contributed by atoms with Crippen molar-refractivity contribution in [1.29, 1.82) is 0 Å². The molecule has 3 rings (SSSR count). The van der Waals surface area contributed by atoms with Gasteiger partial charge in [-0.15, -0.1) is 0 Å². The van der Waals surface area contributed by atoms with E-state index in [1.807, 2.05) is 29.2 Å². The lowest BCUT2D eigenvalue weighted by atomic mass is 10.2. The number of benzene rings is 2. The first-order valence-electron chi connectivity index (χ1n) is 9.69. The Morgan fingerprint density at radius 2 is 1.76 bits per heavy atom. The highest BCUT2D eigenvalue weighted by molar-refractivity contribution is 6.30. The number of hydrogen-bond donors (Lipinski definition) is 0. The summed E-state index contributed by atoms with van der Waals surface area (Å²) >= 11 is 5.93. The minimum atomic E-state index is -0.402. The molecule has 0 saturated carbocycles. The van der Waals surface area contributed by atoms with Gasteiger partial charge in [-0.25, -0.2) is 4.79 Å². The molecule has 2 aromatic rings. The van der Waals surface area contributed by atoms with Gasteiger partial charge in [0, 0.05) is 37.7 Å². The van der Waals surface area contributed by atoms with E-state index in [0.29, 0.717) is 31.0 Å². The first-order valence-corrected chi connectivity index (χ1v) is 10.1. The predicted molar refractivity (Wildman–Crippen MR) is 111 cm³/mol. The Morgan fingerprint density at radius 1 is 1.03 bits per heavy atom. The van der Waals surface area contributed by atoms with Crippen LogP contribution in [0.5, 0.6) is 5.75 Å². The summed E-state index contributed by atoms with van der Waals surface area (Å²) in [6.07, 6.45) is 0. The van der Waals surface area contributed by atoms with Crippen LogP contribution in [-0.2, 0) is 16.1 Å². The molecule has 1 amide bonds. The van der Waals surface area contributed by atoms with Gasteiger partial charge in [0.05, 0.1) is 12.2 Å². The molecule has 0 bridgehead atoms. The van der Waals surface area contributed by atoms with Crippen LogP contribution in [0.15, 0.2) is 48.5 Å². The molecule has 1 heterocycles. The second kappa shape index (κ2) is 10.3. The molecule has 0 N–H and O–H groups in total. The second-order valence-corrected chi connectivity index (χ2v) is 7.26. The van der Waals surface area contributed by atoms with Crippen LogP contribution in [0.4, 0.5) is 0 Å². The van der Waals surface area contributed by atoms with Crippen molar-refractivity contribution in [3.8, 4) is 5.75 Å². The standard InChI is InChI=1S/C22H25ClN2O4/c1-2-28-22(27)18-4-3-5-20(14-18)29-16-21(26)25-12-10-24(11-13-25)15-17-6-8-19(23)9-7-17/h3-9,14H,2,10-13,15-16H2,1H3. The number of carbonyl (C=O) groups excluding carboxylic acids is 2. The maximum Gasteiger partial charge on any atom is 0.338 e. The van der Waals surface area contributed by atoms with Crippen molar-refractivity contribution >= 4 is 23.5 Å². The van der Waals surface area contributed by atoms with E-state index in [9.17, 15) is 9.59 Å². The molecule has 6 nitrogen and oxygen atoms in total. The van der Waals surface area contributed by atoms with Gasteiger partial charge in [0.2, 0.25) is 0 Å². The molecule has 1 aliphatic heterocycles.